The summed E-state index contributed by atoms with van der Waals surface area (Å²) in [5.41, 5.74) is 0.578. The molecule has 0 unspecified atom stereocenters. The van der Waals surface area contributed by atoms with E-state index < -0.39 is 23.7 Å². The van der Waals surface area contributed by atoms with Crippen LogP contribution in [-0.2, 0) is 11.0 Å². The number of carbonyl (C=O) groups is 1. The number of carbonyl (C=O) groups excluding carboxylic acids is 1. The van der Waals surface area contributed by atoms with Gasteiger partial charge in [0.2, 0.25) is 11.7 Å². The molecule has 3 aromatic rings. The van der Waals surface area contributed by atoms with Crippen LogP contribution in [0, 0.1) is 5.82 Å². The van der Waals surface area contributed by atoms with Crippen LogP contribution < -0.4 is 15.0 Å². The Hall–Kier alpha value is -3.69. The molecule has 0 aliphatic carbocycles. The van der Waals surface area contributed by atoms with Crippen LogP contribution in [0.4, 0.5) is 34.8 Å². The van der Waals surface area contributed by atoms with Crippen molar-refractivity contribution in [1.29, 1.82) is 0 Å². The van der Waals surface area contributed by atoms with E-state index in [-0.39, 0.29) is 22.4 Å². The molecule has 0 fully saturated rings. The second-order valence-corrected chi connectivity index (χ2v) is 6.17. The molecule has 0 saturated carbocycles. The van der Waals surface area contributed by atoms with Crippen molar-refractivity contribution >= 4 is 34.0 Å². The van der Waals surface area contributed by atoms with Gasteiger partial charge < -0.3 is 15.0 Å². The van der Waals surface area contributed by atoms with Gasteiger partial charge in [0.25, 0.3) is 0 Å². The lowest BCUT2D eigenvalue weighted by molar-refractivity contribution is -0.144. The van der Waals surface area contributed by atoms with E-state index in [1.165, 1.54) is 31.2 Å². The molecule has 1 N–H and O–H groups in total. The van der Waals surface area contributed by atoms with Crippen LogP contribution in [0.25, 0.3) is 10.9 Å². The number of nitrogens with one attached hydrogen (secondary N) is 1. The minimum atomic E-state index is -4.79. The van der Waals surface area contributed by atoms with Crippen molar-refractivity contribution < 1.29 is 27.1 Å². The smallest absolute Gasteiger partial charge is 0.451 e. The number of benzene rings is 2. The van der Waals surface area contributed by atoms with Crippen LogP contribution in [0.2, 0.25) is 0 Å². The molecule has 0 aliphatic rings. The lowest BCUT2D eigenvalue weighted by Crippen LogP contribution is -2.18. The lowest BCUT2D eigenvalue weighted by Gasteiger charge is -2.22. The van der Waals surface area contributed by atoms with Gasteiger partial charge in [-0.2, -0.15) is 13.2 Å². The quantitative estimate of drug-likeness (QED) is 0.479. The molecule has 0 atom stereocenters. The summed E-state index contributed by atoms with van der Waals surface area (Å²) in [5.74, 6) is -2.32. The highest BCUT2D eigenvalue weighted by molar-refractivity contribution is 6.00. The number of alkyl halides is 3. The van der Waals surface area contributed by atoms with Gasteiger partial charge in [0.1, 0.15) is 17.4 Å². The second kappa shape index (κ2) is 7.97. The van der Waals surface area contributed by atoms with Gasteiger partial charge in [-0.3, -0.25) is 4.79 Å². The van der Waals surface area contributed by atoms with Crippen molar-refractivity contribution in [2.75, 3.05) is 24.4 Å². The Kier molecular flexibility index (Phi) is 5.59. The molecular formula is C20H16F4N4O2. The van der Waals surface area contributed by atoms with Crippen LogP contribution in [-0.4, -0.2) is 30.0 Å². The monoisotopic (exact) mass is 420 g/mol. The zero-order valence-corrected chi connectivity index (χ0v) is 15.9. The van der Waals surface area contributed by atoms with Crippen LogP contribution >= 0.6 is 0 Å². The summed E-state index contributed by atoms with van der Waals surface area (Å²) in [4.78, 5) is 20.1. The summed E-state index contributed by atoms with van der Waals surface area (Å²) in [5, 5.41) is 2.65. The van der Waals surface area contributed by atoms with Gasteiger partial charge in [-0.05, 0) is 42.5 Å². The van der Waals surface area contributed by atoms with Crippen molar-refractivity contribution in [3.05, 3.63) is 60.7 Å². The molecule has 156 valence electrons. The topological polar surface area (TPSA) is 67.4 Å². The summed E-state index contributed by atoms with van der Waals surface area (Å²) in [6.07, 6.45) is -3.73. The molecule has 6 nitrogen and oxygen atoms in total. The van der Waals surface area contributed by atoms with Gasteiger partial charge in [-0.1, -0.05) is 6.58 Å². The van der Waals surface area contributed by atoms with Gasteiger partial charge in [0.15, 0.2) is 0 Å². The number of methoxy groups -OCH3 is 1. The van der Waals surface area contributed by atoms with E-state index in [1.54, 1.807) is 6.07 Å². The standard InChI is InChI=1S/C20H16F4N4O2/c1-4-17(29)25-15-10-12(6-8-16(15)30-3)28(2)18-13-9-11(21)5-7-14(13)26-19(27-18)20(22,23)24/h4-10H,1H2,2-3H3,(H,25,29). The van der Waals surface area contributed by atoms with E-state index in [0.717, 1.165) is 24.3 Å². The molecule has 10 heteroatoms. The van der Waals surface area contributed by atoms with E-state index in [2.05, 4.69) is 21.9 Å². The highest BCUT2D eigenvalue weighted by Crippen LogP contribution is 2.36. The van der Waals surface area contributed by atoms with Gasteiger partial charge in [0.05, 0.1) is 18.3 Å². The fourth-order valence-electron chi connectivity index (χ4n) is 2.78. The van der Waals surface area contributed by atoms with Crippen LogP contribution in [0.1, 0.15) is 5.82 Å². The van der Waals surface area contributed by atoms with E-state index >= 15 is 0 Å². The number of fused-ring (bicyclic) bond motifs is 1. The first-order valence-corrected chi connectivity index (χ1v) is 8.53. The first-order valence-electron chi connectivity index (χ1n) is 8.53. The van der Waals surface area contributed by atoms with Crippen molar-refractivity contribution in [2.45, 2.75) is 6.18 Å². The van der Waals surface area contributed by atoms with Gasteiger partial charge in [-0.15, -0.1) is 0 Å². The maximum absolute atomic E-state index is 13.8. The number of nitrogens with zero attached hydrogens (tertiary/aromatic N) is 3. The molecule has 0 spiro atoms. The number of aromatic nitrogens is 2. The van der Waals surface area contributed by atoms with Crippen molar-refractivity contribution in [3.63, 3.8) is 0 Å². The fraction of sp³-hybridized carbons (Fsp3) is 0.150. The first-order chi connectivity index (χ1) is 14.1. The molecule has 0 radical (unpaired) electrons. The molecule has 1 aromatic heterocycles. The Morgan fingerprint density at radius 1 is 1.20 bits per heavy atom. The lowest BCUT2D eigenvalue weighted by atomic mass is 10.2. The Morgan fingerprint density at radius 2 is 1.93 bits per heavy atom. The van der Waals surface area contributed by atoms with Crippen molar-refractivity contribution in [1.82, 2.24) is 9.97 Å². The Bertz CT molecular complexity index is 1130. The molecule has 1 heterocycles. The summed E-state index contributed by atoms with van der Waals surface area (Å²) < 4.78 is 58.9. The molecule has 30 heavy (non-hydrogen) atoms. The number of rotatable bonds is 5. The number of hydrogen-bond acceptors (Lipinski definition) is 5. The molecular weight excluding hydrogens is 404 g/mol. The zero-order valence-electron chi connectivity index (χ0n) is 15.9. The first kappa shape index (κ1) is 21.0. The molecule has 0 bridgehead atoms. The second-order valence-electron chi connectivity index (χ2n) is 6.17. The van der Waals surface area contributed by atoms with Crippen molar-refractivity contribution in [2.24, 2.45) is 0 Å². The van der Waals surface area contributed by atoms with Gasteiger partial charge in [0, 0.05) is 18.1 Å². The summed E-state index contributed by atoms with van der Waals surface area (Å²) in [7, 11) is 2.87. The molecule has 0 saturated heterocycles. The van der Waals surface area contributed by atoms with Crippen LogP contribution in [0.15, 0.2) is 49.1 Å². The van der Waals surface area contributed by atoms with Gasteiger partial charge >= 0.3 is 6.18 Å². The maximum atomic E-state index is 13.8. The summed E-state index contributed by atoms with van der Waals surface area (Å²) >= 11 is 0. The third kappa shape index (κ3) is 4.17. The highest BCUT2D eigenvalue weighted by Gasteiger charge is 2.36. The number of ether oxygens (including phenoxy) is 1. The largest absolute Gasteiger partial charge is 0.495 e. The number of amides is 1. The summed E-state index contributed by atoms with van der Waals surface area (Å²) in [6.45, 7) is 3.37. The minimum Gasteiger partial charge on any atom is -0.495 e. The van der Waals surface area contributed by atoms with Crippen LogP contribution in [0.5, 0.6) is 5.75 Å². The van der Waals surface area contributed by atoms with E-state index in [9.17, 15) is 22.4 Å². The van der Waals surface area contributed by atoms with Crippen molar-refractivity contribution in [3.8, 4) is 5.75 Å². The maximum Gasteiger partial charge on any atom is 0.451 e. The number of hydrogen-bond donors (Lipinski definition) is 1. The zero-order chi connectivity index (χ0) is 22.1. The number of halogens is 4. The van der Waals surface area contributed by atoms with Gasteiger partial charge in [-0.25, -0.2) is 14.4 Å². The summed E-state index contributed by atoms with van der Waals surface area (Å²) in [6, 6.07) is 7.81. The molecule has 3 rings (SSSR count). The van der Waals surface area contributed by atoms with Crippen LogP contribution in [0.3, 0.4) is 0 Å². The normalized spacial score (nSPS) is 11.3. The Labute approximate surface area is 168 Å². The van der Waals surface area contributed by atoms with E-state index in [4.69, 9.17) is 4.74 Å². The highest BCUT2D eigenvalue weighted by atomic mass is 19.4. The third-order valence-corrected chi connectivity index (χ3v) is 4.22. The predicted molar refractivity (Wildman–Crippen MR) is 104 cm³/mol. The molecule has 0 aliphatic heterocycles. The van der Waals surface area contributed by atoms with E-state index in [1.807, 2.05) is 0 Å². The fourth-order valence-corrected chi connectivity index (χ4v) is 2.78. The Balaban J connectivity index is 2.17. The average Bonchev–Trinajstić information content (AvgIpc) is 2.71. The molecule has 2 aromatic carbocycles. The van der Waals surface area contributed by atoms with E-state index in [0.29, 0.717) is 11.4 Å². The molecule has 1 amide bonds. The minimum absolute atomic E-state index is 0.0609. The number of anilines is 3. The average molecular weight is 420 g/mol. The predicted octanol–water partition coefficient (Wildman–Crippen LogP) is 4.69. The SMILES string of the molecule is C=CC(=O)Nc1cc(N(C)c2nc(C(F)(F)F)nc3ccc(F)cc23)ccc1OC. The third-order valence-electron chi connectivity index (χ3n) is 4.22. The Morgan fingerprint density at radius 3 is 2.57 bits per heavy atom.